The Morgan fingerprint density at radius 1 is 1.04 bits per heavy atom. The monoisotopic (exact) mass is 389 g/mol. The third kappa shape index (κ3) is 7.52. The number of benzene rings is 1. The van der Waals surface area contributed by atoms with E-state index < -0.39 is 0 Å². The average Bonchev–Trinajstić information content (AvgIpc) is 2.72. The van der Waals surface area contributed by atoms with Crippen LogP contribution in [0.2, 0.25) is 0 Å². The fourth-order valence-corrected chi connectivity index (χ4v) is 3.38. The molecule has 0 unspecified atom stereocenters. The largest absolute Gasteiger partial charge is 0.375 e. The lowest BCUT2D eigenvalue weighted by Gasteiger charge is -2.42. The Bertz CT molecular complexity index is 559. The summed E-state index contributed by atoms with van der Waals surface area (Å²) in [5.41, 5.74) is 1.14. The van der Waals surface area contributed by atoms with Gasteiger partial charge in [0.15, 0.2) is 0 Å². The van der Waals surface area contributed by atoms with Gasteiger partial charge in [0.1, 0.15) is 12.2 Å². The zero-order valence-corrected chi connectivity index (χ0v) is 17.3. The Hall–Kier alpha value is -1.45. The minimum absolute atomic E-state index is 0.0406. The molecule has 1 heterocycles. The van der Waals surface area contributed by atoms with Gasteiger partial charge in [0.05, 0.1) is 32.0 Å². The number of nitrogens with zero attached hydrogens (tertiary/aromatic N) is 1. The molecule has 1 aliphatic heterocycles. The fourth-order valence-electron chi connectivity index (χ4n) is 3.38. The fraction of sp³-hybridized carbons (Fsp3) is 0.696. The highest BCUT2D eigenvalue weighted by Gasteiger charge is 2.42. The van der Waals surface area contributed by atoms with Crippen molar-refractivity contribution in [3.63, 3.8) is 0 Å². The molecule has 1 aromatic carbocycles. The smallest absolute Gasteiger partial charge is 0.112 e. The van der Waals surface area contributed by atoms with E-state index in [4.69, 9.17) is 18.9 Å². The van der Waals surface area contributed by atoms with Crippen LogP contribution in [0.4, 0.5) is 0 Å². The lowest BCUT2D eigenvalue weighted by atomic mass is 9.90. The molecule has 5 heteroatoms. The Kier molecular flexibility index (Phi) is 11.2. The Morgan fingerprint density at radius 2 is 1.71 bits per heavy atom. The quantitative estimate of drug-likeness (QED) is 0.465. The molecule has 156 valence electrons. The van der Waals surface area contributed by atoms with Gasteiger partial charge in [-0.15, -0.1) is 0 Å². The van der Waals surface area contributed by atoms with E-state index in [9.17, 15) is 5.26 Å². The van der Waals surface area contributed by atoms with Crippen molar-refractivity contribution in [2.24, 2.45) is 5.92 Å². The van der Waals surface area contributed by atoms with Crippen LogP contribution >= 0.6 is 0 Å². The molecule has 0 bridgehead atoms. The van der Waals surface area contributed by atoms with Crippen molar-refractivity contribution in [1.29, 1.82) is 5.26 Å². The van der Waals surface area contributed by atoms with E-state index in [1.165, 1.54) is 0 Å². The van der Waals surface area contributed by atoms with Crippen LogP contribution in [0.5, 0.6) is 0 Å². The number of rotatable bonds is 13. The number of hydrogen-bond acceptors (Lipinski definition) is 5. The van der Waals surface area contributed by atoms with E-state index in [1.807, 2.05) is 18.2 Å². The van der Waals surface area contributed by atoms with Gasteiger partial charge in [-0.05, 0) is 18.4 Å². The third-order valence-electron chi connectivity index (χ3n) is 5.04. The standard InChI is InChI=1S/C23H35NO4/c1-3-5-14-26-22-20(12-13-24)17-28-21(23(22)27-15-6-4-2)18-25-16-19-10-8-7-9-11-19/h7-11,20-23H,3-6,12,14-18H2,1-2H3/t20-,21-,22-,23+/m1/s1. The Labute approximate surface area is 169 Å². The van der Waals surface area contributed by atoms with Crippen LogP contribution in [0.3, 0.4) is 0 Å². The van der Waals surface area contributed by atoms with Gasteiger partial charge in [-0.3, -0.25) is 0 Å². The van der Waals surface area contributed by atoms with Crippen LogP contribution < -0.4 is 0 Å². The lowest BCUT2D eigenvalue weighted by molar-refractivity contribution is -0.213. The first kappa shape index (κ1) is 22.8. The first-order valence-corrected chi connectivity index (χ1v) is 10.6. The minimum Gasteiger partial charge on any atom is -0.375 e. The molecule has 1 aromatic rings. The summed E-state index contributed by atoms with van der Waals surface area (Å²) >= 11 is 0. The van der Waals surface area contributed by atoms with Crippen LogP contribution in [-0.2, 0) is 25.6 Å². The molecule has 2 rings (SSSR count). The van der Waals surface area contributed by atoms with E-state index in [0.717, 1.165) is 31.2 Å². The van der Waals surface area contributed by atoms with E-state index in [-0.39, 0.29) is 24.2 Å². The normalized spacial score (nSPS) is 24.8. The highest BCUT2D eigenvalue weighted by atomic mass is 16.6. The van der Waals surface area contributed by atoms with E-state index in [1.54, 1.807) is 0 Å². The topological polar surface area (TPSA) is 60.7 Å². The van der Waals surface area contributed by atoms with Gasteiger partial charge >= 0.3 is 0 Å². The van der Waals surface area contributed by atoms with Gasteiger partial charge < -0.3 is 18.9 Å². The summed E-state index contributed by atoms with van der Waals surface area (Å²) in [4.78, 5) is 0. The van der Waals surface area contributed by atoms with Crippen LogP contribution in [0, 0.1) is 17.2 Å². The van der Waals surface area contributed by atoms with Gasteiger partial charge in [0.25, 0.3) is 0 Å². The van der Waals surface area contributed by atoms with Gasteiger partial charge in [0.2, 0.25) is 0 Å². The Morgan fingerprint density at radius 3 is 2.36 bits per heavy atom. The van der Waals surface area contributed by atoms with Crippen molar-refractivity contribution in [3.05, 3.63) is 35.9 Å². The number of ether oxygens (including phenoxy) is 4. The summed E-state index contributed by atoms with van der Waals surface area (Å²) in [5.74, 6) is 0.0406. The van der Waals surface area contributed by atoms with Crippen molar-refractivity contribution >= 4 is 0 Å². The predicted molar refractivity (Wildman–Crippen MR) is 109 cm³/mol. The maximum atomic E-state index is 9.22. The first-order chi connectivity index (χ1) is 13.8. The van der Waals surface area contributed by atoms with E-state index in [2.05, 4.69) is 32.0 Å². The van der Waals surface area contributed by atoms with Crippen molar-refractivity contribution < 1.29 is 18.9 Å². The van der Waals surface area contributed by atoms with E-state index in [0.29, 0.717) is 39.5 Å². The summed E-state index contributed by atoms with van der Waals surface area (Å²) in [6.45, 7) is 7.17. The van der Waals surface area contributed by atoms with Crippen molar-refractivity contribution in [3.8, 4) is 6.07 Å². The molecule has 4 atom stereocenters. The molecule has 1 aliphatic rings. The van der Waals surface area contributed by atoms with Gasteiger partial charge in [-0.1, -0.05) is 57.0 Å². The summed E-state index contributed by atoms with van der Waals surface area (Å²) < 4.78 is 24.5. The van der Waals surface area contributed by atoms with Crippen LogP contribution in [0.25, 0.3) is 0 Å². The highest BCUT2D eigenvalue weighted by Crippen LogP contribution is 2.29. The van der Waals surface area contributed by atoms with Crippen LogP contribution in [-0.4, -0.2) is 44.7 Å². The SMILES string of the molecule is CCCCO[C@@H]1[C@H](CC#N)CO[C@H](COCc2ccccc2)[C@@H]1OCCCC. The molecule has 1 fully saturated rings. The predicted octanol–water partition coefficient (Wildman–Crippen LogP) is 4.50. The zero-order valence-electron chi connectivity index (χ0n) is 17.3. The summed E-state index contributed by atoms with van der Waals surface area (Å²) in [6.07, 6.45) is 4.08. The van der Waals surface area contributed by atoms with Crippen LogP contribution in [0.1, 0.15) is 51.5 Å². The molecule has 5 nitrogen and oxygen atoms in total. The van der Waals surface area contributed by atoms with Crippen molar-refractivity contribution in [1.82, 2.24) is 0 Å². The highest BCUT2D eigenvalue weighted by molar-refractivity contribution is 5.13. The average molecular weight is 390 g/mol. The molecule has 0 aliphatic carbocycles. The Balaban J connectivity index is 1.99. The second kappa shape index (κ2) is 13.7. The van der Waals surface area contributed by atoms with Crippen molar-refractivity contribution in [2.45, 2.75) is 70.9 Å². The molecule has 0 saturated carbocycles. The molecule has 28 heavy (non-hydrogen) atoms. The molecular weight excluding hydrogens is 354 g/mol. The van der Waals surface area contributed by atoms with Crippen LogP contribution in [0.15, 0.2) is 30.3 Å². The second-order valence-corrected chi connectivity index (χ2v) is 7.37. The van der Waals surface area contributed by atoms with Gasteiger partial charge in [-0.2, -0.15) is 5.26 Å². The zero-order chi connectivity index (χ0) is 20.0. The number of hydrogen-bond donors (Lipinski definition) is 0. The van der Waals surface area contributed by atoms with E-state index >= 15 is 0 Å². The third-order valence-corrected chi connectivity index (χ3v) is 5.04. The summed E-state index contributed by atoms with van der Waals surface area (Å²) in [7, 11) is 0. The lowest BCUT2D eigenvalue weighted by Crippen LogP contribution is -2.54. The first-order valence-electron chi connectivity index (χ1n) is 10.6. The molecule has 0 spiro atoms. The summed E-state index contributed by atoms with van der Waals surface area (Å²) in [6, 6.07) is 12.4. The molecule has 0 N–H and O–H groups in total. The number of unbranched alkanes of at least 4 members (excludes halogenated alkanes) is 2. The molecule has 0 aromatic heterocycles. The minimum atomic E-state index is -0.203. The second-order valence-electron chi connectivity index (χ2n) is 7.37. The van der Waals surface area contributed by atoms with Gasteiger partial charge in [-0.25, -0.2) is 0 Å². The molecule has 0 amide bonds. The summed E-state index contributed by atoms with van der Waals surface area (Å²) in [5, 5.41) is 9.22. The molecular formula is C23H35NO4. The van der Waals surface area contributed by atoms with Crippen molar-refractivity contribution in [2.75, 3.05) is 26.4 Å². The maximum absolute atomic E-state index is 9.22. The van der Waals surface area contributed by atoms with Gasteiger partial charge in [0, 0.05) is 25.6 Å². The molecule has 1 saturated heterocycles. The molecule has 0 radical (unpaired) electrons. The number of nitriles is 1. The maximum Gasteiger partial charge on any atom is 0.112 e.